The zero-order chi connectivity index (χ0) is 15.2. The minimum atomic E-state index is -0.210. The molecule has 1 aliphatic heterocycles. The lowest BCUT2D eigenvalue weighted by atomic mass is 10.3. The van der Waals surface area contributed by atoms with Gasteiger partial charge in [0.05, 0.1) is 13.1 Å². The maximum absolute atomic E-state index is 12.4. The molecule has 0 aromatic carbocycles. The molecular formula is C15H23N3O3. The molecule has 0 spiro atoms. The van der Waals surface area contributed by atoms with Gasteiger partial charge in [-0.15, -0.1) is 0 Å². The molecule has 6 heteroatoms. The third-order valence-corrected chi connectivity index (χ3v) is 3.69. The molecule has 116 valence electrons. The van der Waals surface area contributed by atoms with Crippen molar-refractivity contribution in [2.75, 3.05) is 32.7 Å². The molecular weight excluding hydrogens is 270 g/mol. The van der Waals surface area contributed by atoms with Crippen molar-refractivity contribution in [2.24, 2.45) is 0 Å². The molecule has 0 aliphatic carbocycles. The second kappa shape index (κ2) is 7.26. The fraction of sp³-hybridized carbons (Fsp3) is 0.600. The van der Waals surface area contributed by atoms with E-state index in [9.17, 15) is 9.59 Å². The molecule has 1 fully saturated rings. The SMILES string of the molecule is CCN(CC)Cc1ccc(C(=O)N2CCCNC(=O)C2)o1. The molecule has 0 atom stereocenters. The van der Waals surface area contributed by atoms with Crippen LogP contribution < -0.4 is 5.32 Å². The number of nitrogens with one attached hydrogen (secondary N) is 1. The minimum Gasteiger partial charge on any atom is -0.455 e. The Morgan fingerprint density at radius 3 is 2.86 bits per heavy atom. The van der Waals surface area contributed by atoms with Gasteiger partial charge in [0.15, 0.2) is 5.76 Å². The fourth-order valence-electron chi connectivity index (χ4n) is 2.38. The van der Waals surface area contributed by atoms with Crippen LogP contribution in [0.4, 0.5) is 0 Å². The highest BCUT2D eigenvalue weighted by Crippen LogP contribution is 2.13. The van der Waals surface area contributed by atoms with E-state index in [2.05, 4.69) is 24.1 Å². The van der Waals surface area contributed by atoms with Crippen LogP contribution in [0.3, 0.4) is 0 Å². The van der Waals surface area contributed by atoms with Crippen LogP contribution in [0.15, 0.2) is 16.5 Å². The Morgan fingerprint density at radius 1 is 1.38 bits per heavy atom. The van der Waals surface area contributed by atoms with Crippen molar-refractivity contribution < 1.29 is 14.0 Å². The van der Waals surface area contributed by atoms with E-state index in [4.69, 9.17) is 4.42 Å². The second-order valence-corrected chi connectivity index (χ2v) is 5.16. The van der Waals surface area contributed by atoms with Gasteiger partial charge in [-0.25, -0.2) is 0 Å². The summed E-state index contributed by atoms with van der Waals surface area (Å²) < 4.78 is 5.64. The molecule has 1 saturated heterocycles. The summed E-state index contributed by atoms with van der Waals surface area (Å²) in [5.41, 5.74) is 0. The number of hydrogen-bond acceptors (Lipinski definition) is 4. The first-order chi connectivity index (χ1) is 10.1. The molecule has 0 unspecified atom stereocenters. The predicted octanol–water partition coefficient (Wildman–Crippen LogP) is 1.08. The van der Waals surface area contributed by atoms with Crippen LogP contribution in [0.25, 0.3) is 0 Å². The molecule has 21 heavy (non-hydrogen) atoms. The van der Waals surface area contributed by atoms with Crippen LogP contribution in [0.5, 0.6) is 0 Å². The lowest BCUT2D eigenvalue weighted by molar-refractivity contribution is -0.121. The zero-order valence-electron chi connectivity index (χ0n) is 12.7. The van der Waals surface area contributed by atoms with Gasteiger partial charge in [-0.2, -0.15) is 0 Å². The maximum Gasteiger partial charge on any atom is 0.290 e. The molecule has 6 nitrogen and oxygen atoms in total. The van der Waals surface area contributed by atoms with E-state index in [-0.39, 0.29) is 18.4 Å². The Balaban J connectivity index is 2.02. The summed E-state index contributed by atoms with van der Waals surface area (Å²) in [6.07, 6.45) is 0.768. The van der Waals surface area contributed by atoms with Gasteiger partial charge in [0.25, 0.3) is 5.91 Å². The predicted molar refractivity (Wildman–Crippen MR) is 78.9 cm³/mol. The van der Waals surface area contributed by atoms with Crippen molar-refractivity contribution in [1.82, 2.24) is 15.1 Å². The van der Waals surface area contributed by atoms with Crippen molar-refractivity contribution in [3.05, 3.63) is 23.7 Å². The first kappa shape index (κ1) is 15.6. The third kappa shape index (κ3) is 4.07. The van der Waals surface area contributed by atoms with E-state index in [0.29, 0.717) is 25.4 Å². The van der Waals surface area contributed by atoms with Crippen molar-refractivity contribution in [3.63, 3.8) is 0 Å². The van der Waals surface area contributed by atoms with Crippen LogP contribution in [-0.2, 0) is 11.3 Å². The maximum atomic E-state index is 12.4. The number of carbonyl (C=O) groups is 2. The number of nitrogens with zero attached hydrogens (tertiary/aromatic N) is 2. The van der Waals surface area contributed by atoms with Crippen molar-refractivity contribution in [3.8, 4) is 0 Å². The van der Waals surface area contributed by atoms with Gasteiger partial charge in [-0.3, -0.25) is 14.5 Å². The van der Waals surface area contributed by atoms with E-state index < -0.39 is 0 Å². The largest absolute Gasteiger partial charge is 0.455 e. The van der Waals surface area contributed by atoms with Crippen LogP contribution in [0.2, 0.25) is 0 Å². The second-order valence-electron chi connectivity index (χ2n) is 5.16. The van der Waals surface area contributed by atoms with E-state index in [1.165, 1.54) is 0 Å². The molecule has 2 heterocycles. The summed E-state index contributed by atoms with van der Waals surface area (Å²) in [4.78, 5) is 27.6. The lowest BCUT2D eigenvalue weighted by Crippen LogP contribution is -2.37. The lowest BCUT2D eigenvalue weighted by Gasteiger charge is -2.18. The zero-order valence-corrected chi connectivity index (χ0v) is 12.7. The highest BCUT2D eigenvalue weighted by atomic mass is 16.4. The highest BCUT2D eigenvalue weighted by molar-refractivity contribution is 5.94. The molecule has 1 aromatic heterocycles. The molecule has 0 radical (unpaired) electrons. The molecule has 2 rings (SSSR count). The first-order valence-electron chi connectivity index (χ1n) is 7.51. The molecule has 2 amide bonds. The van der Waals surface area contributed by atoms with Gasteiger partial charge < -0.3 is 14.6 Å². The molecule has 1 aromatic rings. The Hall–Kier alpha value is -1.82. The van der Waals surface area contributed by atoms with Crippen molar-refractivity contribution in [2.45, 2.75) is 26.8 Å². The summed E-state index contributed by atoms with van der Waals surface area (Å²) in [6, 6.07) is 3.54. The molecule has 1 N–H and O–H groups in total. The number of rotatable bonds is 5. The first-order valence-corrected chi connectivity index (χ1v) is 7.51. The normalized spacial score (nSPS) is 16.0. The third-order valence-electron chi connectivity index (χ3n) is 3.69. The average molecular weight is 293 g/mol. The Morgan fingerprint density at radius 2 is 2.14 bits per heavy atom. The Bertz CT molecular complexity index is 494. The molecule has 1 aliphatic rings. The number of hydrogen-bond donors (Lipinski definition) is 1. The summed E-state index contributed by atoms with van der Waals surface area (Å²) in [5, 5.41) is 2.76. The van der Waals surface area contributed by atoms with E-state index in [1.807, 2.05) is 6.07 Å². The van der Waals surface area contributed by atoms with Crippen molar-refractivity contribution in [1.29, 1.82) is 0 Å². The molecule has 0 bridgehead atoms. The average Bonchev–Trinajstić information content (AvgIpc) is 2.84. The minimum absolute atomic E-state index is 0.102. The summed E-state index contributed by atoms with van der Waals surface area (Å²) >= 11 is 0. The molecule has 0 saturated carbocycles. The van der Waals surface area contributed by atoms with Gasteiger partial charge in [0.1, 0.15) is 5.76 Å². The van der Waals surface area contributed by atoms with Crippen LogP contribution >= 0.6 is 0 Å². The van der Waals surface area contributed by atoms with E-state index >= 15 is 0 Å². The summed E-state index contributed by atoms with van der Waals surface area (Å²) in [7, 11) is 0. The van der Waals surface area contributed by atoms with Crippen LogP contribution in [0.1, 0.15) is 36.6 Å². The summed E-state index contributed by atoms with van der Waals surface area (Å²) in [6.45, 7) is 8.05. The van der Waals surface area contributed by atoms with Gasteiger partial charge in [0.2, 0.25) is 5.91 Å². The van der Waals surface area contributed by atoms with Gasteiger partial charge >= 0.3 is 0 Å². The monoisotopic (exact) mass is 293 g/mol. The van der Waals surface area contributed by atoms with E-state index in [1.54, 1.807) is 11.0 Å². The van der Waals surface area contributed by atoms with Crippen LogP contribution in [0, 0.1) is 0 Å². The topological polar surface area (TPSA) is 65.8 Å². The van der Waals surface area contributed by atoms with E-state index in [0.717, 1.165) is 25.3 Å². The fourth-order valence-corrected chi connectivity index (χ4v) is 2.38. The smallest absolute Gasteiger partial charge is 0.290 e. The number of furan rings is 1. The van der Waals surface area contributed by atoms with Gasteiger partial charge in [-0.05, 0) is 31.6 Å². The van der Waals surface area contributed by atoms with Gasteiger partial charge in [-0.1, -0.05) is 13.8 Å². The van der Waals surface area contributed by atoms with Gasteiger partial charge in [0, 0.05) is 13.1 Å². The number of amides is 2. The summed E-state index contributed by atoms with van der Waals surface area (Å²) in [5.74, 6) is 0.766. The number of carbonyl (C=O) groups excluding carboxylic acids is 2. The highest BCUT2D eigenvalue weighted by Gasteiger charge is 2.23. The Labute approximate surface area is 125 Å². The Kier molecular flexibility index (Phi) is 5.38. The standard InChI is InChI=1S/C15H23N3O3/c1-3-17(4-2)10-12-6-7-13(21-12)15(20)18-9-5-8-16-14(19)11-18/h6-7H,3-5,8-11H2,1-2H3,(H,16,19). The quantitative estimate of drug-likeness (QED) is 0.882. The van der Waals surface area contributed by atoms with Crippen molar-refractivity contribution >= 4 is 11.8 Å². The van der Waals surface area contributed by atoms with Crippen LogP contribution in [-0.4, -0.2) is 54.3 Å².